The van der Waals surface area contributed by atoms with Gasteiger partial charge in [-0.25, -0.2) is 28.7 Å². The van der Waals surface area contributed by atoms with Crippen molar-refractivity contribution in [3.63, 3.8) is 0 Å². The Balaban J connectivity index is 0.000000125. The van der Waals surface area contributed by atoms with Gasteiger partial charge in [-0.15, -0.1) is 45.3 Å². The van der Waals surface area contributed by atoms with Gasteiger partial charge in [0.25, 0.3) is 23.6 Å². The Bertz CT molecular complexity index is 6950. The Morgan fingerprint density at radius 3 is 1.09 bits per heavy atom. The molecule has 141 heavy (non-hydrogen) atoms. The smallest absolute Gasteiger partial charge is 0.268 e. The molecule has 21 rings (SSSR count). The van der Waals surface area contributed by atoms with Crippen LogP contribution in [0.2, 0.25) is 0 Å². The molecule has 32 heteroatoms. The van der Waals surface area contributed by atoms with Gasteiger partial charge in [0.1, 0.15) is 12.3 Å². The Hall–Kier alpha value is -12.5. The van der Waals surface area contributed by atoms with E-state index in [4.69, 9.17) is 19.9 Å². The zero-order valence-corrected chi connectivity index (χ0v) is 84.9. The summed E-state index contributed by atoms with van der Waals surface area (Å²) in [6.07, 6.45) is 13.9. The van der Waals surface area contributed by atoms with Crippen molar-refractivity contribution in [2.45, 2.75) is 202 Å². The summed E-state index contributed by atoms with van der Waals surface area (Å²) >= 11 is 5.24. The lowest BCUT2D eigenvalue weighted by atomic mass is 9.60. The molecule has 4 saturated heterocycles. The highest BCUT2D eigenvalue weighted by molar-refractivity contribution is 7.21. The van der Waals surface area contributed by atoms with Crippen LogP contribution in [0.5, 0.6) is 0 Å². The number of likely N-dealkylation sites (tertiary alicyclic amines) is 4. The van der Waals surface area contributed by atoms with Crippen molar-refractivity contribution in [2.75, 3.05) is 73.6 Å². The van der Waals surface area contributed by atoms with E-state index in [9.17, 15) is 47.1 Å². The van der Waals surface area contributed by atoms with Gasteiger partial charge in [-0.2, -0.15) is 0 Å². The molecule has 5 aromatic carbocycles. The first kappa shape index (κ1) is 98.7. The second kappa shape index (κ2) is 39.8. The summed E-state index contributed by atoms with van der Waals surface area (Å²) in [4.78, 5) is 130. The average molecular weight is 1980 g/mol. The van der Waals surface area contributed by atoms with Gasteiger partial charge < -0.3 is 48.5 Å². The van der Waals surface area contributed by atoms with E-state index in [1.165, 1.54) is 72.2 Å². The van der Waals surface area contributed by atoms with E-state index in [1.54, 1.807) is 24.3 Å². The normalized spacial score (nSPS) is 18.2. The lowest BCUT2D eigenvalue weighted by Gasteiger charge is -2.59. The number of benzene rings is 5. The number of imidazole rings is 4. The first-order chi connectivity index (χ1) is 67.4. The molecule has 8 amide bonds. The molecule has 8 aromatic heterocycles. The highest BCUT2D eigenvalue weighted by Gasteiger charge is 2.56. The molecule has 8 aliphatic rings. The van der Waals surface area contributed by atoms with Crippen molar-refractivity contribution in [3.8, 4) is 0 Å². The standard InChI is InChI=1S/C31H40FN5O2S.C30H38FN5O2S.C26H24N4O2S.C22H22N4O2S/c1-7-27(38)36-13-12-31(18-36)15-22(16-31)37-24-9-8-21(17-33-20(3)30(4,5)6)14-23(24)34-29(37)35-28(39)26-11-10-25(40-26)19(2)32;1-7-26(37)35-16-30(17-35)13-21(14-30)36-23-9-8-20(15-32-19(3)29(4,5)6)12-22(23)33-28(36)34-27(38)25-11-10-24(39-25)18(2)31;1-2-23(31)29-12-11-26(16-29)14-18(15-26)30-20-9-5-4-8-19(20)27-25(30)28-24(32)22-13-17-7-3-6-10-21(17)33-22;1-2-19(27)25-10-9-22(14-25)12-15(13-22)26-17-7-4-3-6-16(17)23-21(26)24-20(28)18-8-5-11-29-18/h7-11,14,19-20,22,33H,1,12-13,15-18H2,2-6H3,(H,34,35,39);7-12,18-19,21,32H,1,13-17H2,2-6H3,(H,33,34,38);2-10,13,18H,1,11-12,14-16H2,(H,27,28,32);2-8,11,15H,1,9-10,12-14H2,(H,23,24,28)/t19?,20-,22?,31?;18?,19-;;/m00../s1. The minimum absolute atomic E-state index is 0.0128. The van der Waals surface area contributed by atoms with E-state index in [1.807, 2.05) is 104 Å². The molecule has 4 aliphatic heterocycles. The number of para-hydroxylation sites is 4. The van der Waals surface area contributed by atoms with E-state index < -0.39 is 12.3 Å². The number of carbonyl (C=O) groups excluding carboxylic acids is 8. The zero-order valence-electron chi connectivity index (χ0n) is 81.6. The lowest BCUT2D eigenvalue weighted by Crippen LogP contribution is -2.63. The highest BCUT2D eigenvalue weighted by Crippen LogP contribution is 2.60. The Morgan fingerprint density at radius 1 is 0.390 bits per heavy atom. The monoisotopic (exact) mass is 1980 g/mol. The summed E-state index contributed by atoms with van der Waals surface area (Å²) in [5, 5.41) is 22.3. The van der Waals surface area contributed by atoms with Crippen molar-refractivity contribution in [1.82, 2.24) is 68.4 Å². The number of aromatic nitrogens is 8. The molecule has 2 unspecified atom stereocenters. The van der Waals surface area contributed by atoms with Crippen molar-refractivity contribution in [1.29, 1.82) is 0 Å². The summed E-state index contributed by atoms with van der Waals surface area (Å²) in [6, 6.07) is 50.4. The number of nitrogens with zero attached hydrogens (tertiary/aromatic N) is 12. The molecule has 6 N–H and O–H groups in total. The minimum Gasteiger partial charge on any atom is -0.339 e. The molecule has 26 nitrogen and oxygen atoms in total. The van der Waals surface area contributed by atoms with Gasteiger partial charge in [0.2, 0.25) is 47.4 Å². The number of rotatable bonds is 24. The Morgan fingerprint density at radius 2 is 0.730 bits per heavy atom. The molecule has 8 fully saturated rings. The van der Waals surface area contributed by atoms with Gasteiger partial charge in [-0.05, 0) is 263 Å². The molecule has 736 valence electrons. The van der Waals surface area contributed by atoms with E-state index in [-0.39, 0.29) is 104 Å². The van der Waals surface area contributed by atoms with Crippen molar-refractivity contribution >= 4 is 171 Å². The molecule has 4 atom stereocenters. The average Bonchev–Trinajstić information content (AvgIpc) is 1.72. The Kier molecular flexibility index (Phi) is 27.9. The van der Waals surface area contributed by atoms with Crippen LogP contribution in [-0.2, 0) is 32.3 Å². The molecular weight excluding hydrogens is 1860 g/mol. The second-order valence-corrected chi connectivity index (χ2v) is 46.4. The second-order valence-electron chi connectivity index (χ2n) is 42.1. The minimum atomic E-state index is -1.12. The third-order valence-electron chi connectivity index (χ3n) is 30.4. The highest BCUT2D eigenvalue weighted by atomic mass is 32.1. The van der Waals surface area contributed by atoms with Gasteiger partial charge >= 0.3 is 0 Å². The fourth-order valence-corrected chi connectivity index (χ4v) is 24.9. The number of alkyl halides is 2. The Labute approximate surface area is 836 Å². The summed E-state index contributed by atoms with van der Waals surface area (Å²) in [5.41, 5.74) is 10.5. The molecular formula is C109H124F2N18O8S4. The fraction of sp³-hybridized carbons (Fsp3) is 0.413. The molecule has 4 saturated carbocycles. The number of fused-ring (bicyclic) bond motifs is 5. The predicted octanol–water partition coefficient (Wildman–Crippen LogP) is 22.2. The van der Waals surface area contributed by atoms with Crippen LogP contribution in [0.25, 0.3) is 54.2 Å². The number of halogens is 2. The number of carbonyl (C=O) groups is 8. The van der Waals surface area contributed by atoms with Crippen LogP contribution in [-0.4, -0.2) is 170 Å². The quantitative estimate of drug-likeness (QED) is 0.0307. The van der Waals surface area contributed by atoms with Gasteiger partial charge in [0.05, 0.1) is 63.6 Å². The van der Waals surface area contributed by atoms with Gasteiger partial charge in [0.15, 0.2) is 0 Å². The fourth-order valence-electron chi connectivity index (χ4n) is 21.7. The summed E-state index contributed by atoms with van der Waals surface area (Å²) in [7, 11) is 0. The number of hydrogen-bond donors (Lipinski definition) is 6. The number of nitrogens with one attached hydrogen (secondary N) is 6. The van der Waals surface area contributed by atoms with Crippen LogP contribution in [0.1, 0.15) is 236 Å². The molecule has 0 radical (unpaired) electrons. The van der Waals surface area contributed by atoms with Crippen LogP contribution >= 0.6 is 45.3 Å². The van der Waals surface area contributed by atoms with Crippen LogP contribution in [0, 0.1) is 32.5 Å². The van der Waals surface area contributed by atoms with Crippen LogP contribution in [0.3, 0.4) is 0 Å². The number of anilines is 4. The van der Waals surface area contributed by atoms with Crippen LogP contribution in [0.4, 0.5) is 32.6 Å². The van der Waals surface area contributed by atoms with Crippen molar-refractivity contribution < 1.29 is 47.1 Å². The number of amides is 8. The topological polar surface area (TPSA) is 293 Å². The lowest BCUT2D eigenvalue weighted by molar-refractivity contribution is -0.148. The number of hydrogen-bond acceptors (Lipinski definition) is 18. The molecule has 13 aromatic rings. The first-order valence-electron chi connectivity index (χ1n) is 48.7. The maximum Gasteiger partial charge on any atom is 0.268 e. The van der Waals surface area contributed by atoms with E-state index in [0.717, 1.165) is 213 Å². The summed E-state index contributed by atoms with van der Waals surface area (Å²) in [5.74, 6) is 1.36. The largest absolute Gasteiger partial charge is 0.339 e. The van der Waals surface area contributed by atoms with Crippen LogP contribution in [0.15, 0.2) is 208 Å². The number of thiophene rings is 4. The van der Waals surface area contributed by atoms with E-state index >= 15 is 0 Å². The zero-order chi connectivity index (χ0) is 99.5. The molecule has 4 spiro atoms. The maximum atomic E-state index is 13.8. The SMILES string of the molecule is C=CC(=O)N1CC2(CC(n3c(NC(=O)c4ccc(C(C)F)s4)nc4cc(CN[C@@H](C)C(C)(C)C)ccc43)C2)C1.C=CC(=O)N1CCC2(CC(n3c(NC(=O)c4cc5ccccc5s4)nc4ccccc43)C2)C1.C=CC(=O)N1CCC2(CC(n3c(NC(=O)c4ccc(C(C)F)s4)nc4cc(CN[C@@H](C)C(C)(C)C)ccc43)C2)C1.C=CC(=O)N1CCC2(CC(n3c(NC(=O)c4cccs4)nc4ccccc43)C2)C1. The van der Waals surface area contributed by atoms with Crippen LogP contribution < -0.4 is 31.9 Å². The predicted molar refractivity (Wildman–Crippen MR) is 560 cm³/mol. The summed E-state index contributed by atoms with van der Waals surface area (Å²) < 4.78 is 37.3. The van der Waals surface area contributed by atoms with Gasteiger partial charge in [0, 0.05) is 122 Å². The van der Waals surface area contributed by atoms with Crippen molar-refractivity contribution in [2.24, 2.45) is 32.5 Å². The van der Waals surface area contributed by atoms with E-state index in [2.05, 4.69) is 180 Å². The molecule has 4 aliphatic carbocycles. The third-order valence-corrected chi connectivity index (χ3v) is 34.9. The third kappa shape index (κ3) is 20.6. The molecule has 0 bridgehead atoms. The maximum absolute atomic E-state index is 13.8. The molecule has 12 heterocycles. The first-order valence-corrected chi connectivity index (χ1v) is 52.1. The van der Waals surface area contributed by atoms with Crippen molar-refractivity contribution in [3.05, 3.63) is 248 Å². The summed E-state index contributed by atoms with van der Waals surface area (Å²) in [6.45, 7) is 42.7. The van der Waals surface area contributed by atoms with Gasteiger partial charge in [-0.1, -0.05) is 129 Å². The van der Waals surface area contributed by atoms with Gasteiger partial charge in [-0.3, -0.25) is 59.6 Å². The van der Waals surface area contributed by atoms with E-state index in [0.29, 0.717) is 65.1 Å².